The molecule has 3 heteroatoms. The minimum absolute atomic E-state index is 0. The van der Waals surface area contributed by atoms with Gasteiger partial charge in [-0.1, -0.05) is 0 Å². The Bertz CT molecular complexity index is 1180. The van der Waals surface area contributed by atoms with E-state index >= 15 is 0 Å². The van der Waals surface area contributed by atoms with Gasteiger partial charge in [-0.2, -0.15) is 0 Å². The largest absolute Gasteiger partial charge is 1.00 e. The molecule has 3 aliphatic carbocycles. The molecule has 0 bridgehead atoms. The summed E-state index contributed by atoms with van der Waals surface area (Å²) in [6, 6.07) is 12.4. The first-order chi connectivity index (χ1) is 15.6. The fraction of sp³-hybridized carbons (Fsp3) is 0.469. The Morgan fingerprint density at radius 1 is 0.800 bits per heavy atom. The van der Waals surface area contributed by atoms with Crippen molar-refractivity contribution < 1.29 is 47.6 Å². The van der Waals surface area contributed by atoms with E-state index in [1.807, 2.05) is 3.21 Å². The van der Waals surface area contributed by atoms with Crippen molar-refractivity contribution in [2.75, 3.05) is 0 Å². The van der Waals surface area contributed by atoms with Crippen molar-refractivity contribution in [3.8, 4) is 11.1 Å². The van der Waals surface area contributed by atoms with Gasteiger partial charge in [-0.25, -0.2) is 0 Å². The Morgan fingerprint density at radius 2 is 1.49 bits per heavy atom. The molecular formula is C32H39Cl2Zr. The van der Waals surface area contributed by atoms with Gasteiger partial charge in [0.2, 0.25) is 0 Å². The number of benzene rings is 2. The molecule has 185 valence electrons. The molecule has 1 unspecified atom stereocenters. The zero-order chi connectivity index (χ0) is 23.4. The van der Waals surface area contributed by atoms with E-state index in [0.29, 0.717) is 3.63 Å². The van der Waals surface area contributed by atoms with E-state index in [1.54, 1.807) is 22.3 Å². The molecule has 5 rings (SSSR count). The summed E-state index contributed by atoms with van der Waals surface area (Å²) < 4.78 is 2.63. The molecule has 1 fully saturated rings. The number of allylic oxidation sites excluding steroid dienone is 4. The second kappa shape index (κ2) is 10.9. The van der Waals surface area contributed by atoms with Crippen LogP contribution < -0.4 is 24.8 Å². The van der Waals surface area contributed by atoms with Crippen LogP contribution in [-0.2, 0) is 33.6 Å². The average molecular weight is 586 g/mol. The Balaban J connectivity index is 0.00000171. The molecule has 0 amide bonds. The second-order valence-corrected chi connectivity index (χ2v) is 16.2. The molecule has 0 nitrogen and oxygen atoms in total. The Morgan fingerprint density at radius 3 is 2.09 bits per heavy atom. The molecule has 0 heterocycles. The Hall–Kier alpha value is -0.747. The predicted molar refractivity (Wildman–Crippen MR) is 141 cm³/mol. The van der Waals surface area contributed by atoms with Gasteiger partial charge in [-0.3, -0.25) is 0 Å². The van der Waals surface area contributed by atoms with Gasteiger partial charge in [0.1, 0.15) is 0 Å². The molecule has 0 radical (unpaired) electrons. The third-order valence-electron chi connectivity index (χ3n) is 7.76. The molecule has 0 saturated heterocycles. The van der Waals surface area contributed by atoms with Crippen molar-refractivity contribution in [1.82, 2.24) is 0 Å². The number of halogens is 2. The molecule has 0 N–H and O–H groups in total. The Kier molecular flexibility index (Phi) is 9.00. The van der Waals surface area contributed by atoms with E-state index in [4.69, 9.17) is 0 Å². The normalized spacial score (nSPS) is 18.7. The third-order valence-corrected chi connectivity index (χ3v) is 12.2. The van der Waals surface area contributed by atoms with Gasteiger partial charge in [-0.15, -0.1) is 0 Å². The van der Waals surface area contributed by atoms with E-state index in [0.717, 1.165) is 6.42 Å². The number of rotatable bonds is 2. The minimum atomic E-state index is -0.734. The van der Waals surface area contributed by atoms with Crippen LogP contribution in [0.1, 0.15) is 112 Å². The van der Waals surface area contributed by atoms with E-state index in [1.165, 1.54) is 54.4 Å². The molecule has 2 aromatic carbocycles. The monoisotopic (exact) mass is 583 g/mol. The van der Waals surface area contributed by atoms with Crippen LogP contribution in [0.25, 0.3) is 16.7 Å². The van der Waals surface area contributed by atoms with E-state index in [9.17, 15) is 0 Å². The van der Waals surface area contributed by atoms with Crippen LogP contribution in [0.5, 0.6) is 0 Å². The standard InChI is InChI=1S/C26H29.C6H10.2ClH.Zr/c1-25(2,3)19-11-12-20-18(15-19)16-22-21(20)13-14-23(26(4,5)6)24(22)17-9-7-8-10-17;1-2-4-6-5-3-1;;;/h7-9,11-16H,10H2,1-6H3;1-5H2;2*1H;/q;;;;+2/p-2. The van der Waals surface area contributed by atoms with Gasteiger partial charge in [0.15, 0.2) is 0 Å². The maximum absolute atomic E-state index is 2.60. The zero-order valence-corrected chi connectivity index (χ0v) is 26.2. The van der Waals surface area contributed by atoms with Crippen molar-refractivity contribution in [1.29, 1.82) is 0 Å². The minimum Gasteiger partial charge on any atom is -1.00 e. The van der Waals surface area contributed by atoms with Gasteiger partial charge >= 0.3 is 214 Å². The zero-order valence-electron chi connectivity index (χ0n) is 22.2. The molecule has 2 aromatic rings. The fourth-order valence-corrected chi connectivity index (χ4v) is 10.5. The summed E-state index contributed by atoms with van der Waals surface area (Å²) in [5.74, 6) is 0. The van der Waals surface area contributed by atoms with Crippen LogP contribution in [0.3, 0.4) is 0 Å². The van der Waals surface area contributed by atoms with Gasteiger partial charge < -0.3 is 24.8 Å². The molecule has 1 saturated carbocycles. The van der Waals surface area contributed by atoms with Crippen LogP contribution in [-0.4, -0.2) is 3.21 Å². The first kappa shape index (κ1) is 28.8. The summed E-state index contributed by atoms with van der Waals surface area (Å²) in [6.45, 7) is 14.3. The van der Waals surface area contributed by atoms with E-state index < -0.39 is 22.8 Å². The summed E-state index contributed by atoms with van der Waals surface area (Å²) in [7, 11) is 0. The van der Waals surface area contributed by atoms with Crippen LogP contribution in [0, 0.1) is 0 Å². The second-order valence-electron chi connectivity index (χ2n) is 12.3. The summed E-state index contributed by atoms with van der Waals surface area (Å²) in [5.41, 5.74) is 12.9. The molecule has 0 spiro atoms. The molecule has 1 atom stereocenters. The van der Waals surface area contributed by atoms with Crippen molar-refractivity contribution in [2.24, 2.45) is 0 Å². The molecule has 0 aliphatic heterocycles. The van der Waals surface area contributed by atoms with Crippen LogP contribution in [0.2, 0.25) is 0 Å². The van der Waals surface area contributed by atoms with Crippen LogP contribution in [0.4, 0.5) is 0 Å². The Labute approximate surface area is 236 Å². The average Bonchev–Trinajstić information content (AvgIpc) is 3.40. The number of hydrogen-bond donors (Lipinski definition) is 0. The third kappa shape index (κ3) is 5.59. The van der Waals surface area contributed by atoms with Crippen molar-refractivity contribution >= 4 is 8.78 Å². The molecule has 35 heavy (non-hydrogen) atoms. The van der Waals surface area contributed by atoms with Gasteiger partial charge in [0.05, 0.1) is 0 Å². The van der Waals surface area contributed by atoms with Crippen LogP contribution >= 0.6 is 0 Å². The van der Waals surface area contributed by atoms with E-state index in [2.05, 4.69) is 90.1 Å². The molecule has 3 aliphatic rings. The summed E-state index contributed by atoms with van der Waals surface area (Å²) >= 11 is -0.734. The first-order valence-corrected chi connectivity index (χ1v) is 15.6. The van der Waals surface area contributed by atoms with Crippen LogP contribution in [0.15, 0.2) is 48.6 Å². The van der Waals surface area contributed by atoms with Crippen molar-refractivity contribution in [3.05, 3.63) is 76.4 Å². The van der Waals surface area contributed by atoms with Crippen molar-refractivity contribution in [3.63, 3.8) is 0 Å². The van der Waals surface area contributed by atoms with Gasteiger partial charge in [-0.05, 0) is 0 Å². The number of hydrogen-bond acceptors (Lipinski definition) is 0. The predicted octanol–water partition coefficient (Wildman–Crippen LogP) is 2.92. The smallest absolute Gasteiger partial charge is 1.00 e. The maximum Gasteiger partial charge on any atom is -1.00 e. The molecule has 0 aromatic heterocycles. The SMILES string of the molecule is CC(C)(C)c1ccc2c(c1)[CH]([Zr+2]=[C]1CCCCC1)c1c-2ccc(C(C)(C)C)c1C1=CC=CC1.[Cl-].[Cl-]. The van der Waals surface area contributed by atoms with Crippen molar-refractivity contribution in [2.45, 2.75) is 94.5 Å². The van der Waals surface area contributed by atoms with Gasteiger partial charge in [0, 0.05) is 0 Å². The number of fused-ring (bicyclic) bond motifs is 3. The first-order valence-electron chi connectivity index (χ1n) is 12.9. The topological polar surface area (TPSA) is 0 Å². The summed E-state index contributed by atoms with van der Waals surface area (Å²) in [5, 5.41) is 0. The maximum atomic E-state index is 2.60. The fourth-order valence-electron chi connectivity index (χ4n) is 5.90. The van der Waals surface area contributed by atoms with Gasteiger partial charge in [0.25, 0.3) is 0 Å². The molecular weight excluding hydrogens is 546 g/mol. The van der Waals surface area contributed by atoms with E-state index in [-0.39, 0.29) is 35.6 Å². The summed E-state index contributed by atoms with van der Waals surface area (Å²) in [4.78, 5) is 0. The quantitative estimate of drug-likeness (QED) is 0.509. The summed E-state index contributed by atoms with van der Waals surface area (Å²) in [6.07, 6.45) is 15.2.